The highest BCUT2D eigenvalue weighted by Gasteiger charge is 2.07. The van der Waals surface area contributed by atoms with Gasteiger partial charge >= 0.3 is 0 Å². The third-order valence-electron chi connectivity index (χ3n) is 1.78. The Kier molecular flexibility index (Phi) is 8.92. The van der Waals surface area contributed by atoms with Gasteiger partial charge in [-0.1, -0.05) is 27.7 Å². The predicted molar refractivity (Wildman–Crippen MR) is 49.3 cm³/mol. The van der Waals surface area contributed by atoms with Crippen molar-refractivity contribution in [2.75, 3.05) is 14.1 Å². The molecule has 0 bridgehead atoms. The predicted octanol–water partition coefficient (Wildman–Crippen LogP) is 2.62. The van der Waals surface area contributed by atoms with Crippen LogP contribution in [0, 0.1) is 5.92 Å². The van der Waals surface area contributed by atoms with Crippen LogP contribution in [-0.4, -0.2) is 25.0 Å². The van der Waals surface area contributed by atoms with Crippen LogP contribution in [0.1, 0.15) is 34.6 Å². The van der Waals surface area contributed by atoms with Crippen molar-refractivity contribution in [1.29, 1.82) is 0 Å². The molecule has 0 saturated carbocycles. The molecular formula is C9H23N. The van der Waals surface area contributed by atoms with Crippen LogP contribution in [0.4, 0.5) is 0 Å². The van der Waals surface area contributed by atoms with Crippen molar-refractivity contribution in [3.8, 4) is 0 Å². The molecule has 0 aromatic heterocycles. The molecule has 0 rings (SSSR count). The molecule has 1 heteroatoms. The first kappa shape index (κ1) is 12.6. The lowest BCUT2D eigenvalue weighted by molar-refractivity contribution is 0.251. The summed E-state index contributed by atoms with van der Waals surface area (Å²) < 4.78 is 0. The molecule has 0 aliphatic heterocycles. The van der Waals surface area contributed by atoms with E-state index in [1.165, 1.54) is 0 Å². The van der Waals surface area contributed by atoms with E-state index in [2.05, 4.69) is 39.8 Å². The van der Waals surface area contributed by atoms with Crippen LogP contribution in [0.2, 0.25) is 0 Å². The van der Waals surface area contributed by atoms with E-state index in [1.807, 2.05) is 13.8 Å². The fourth-order valence-electron chi connectivity index (χ4n) is 0.596. The number of nitrogens with zero attached hydrogens (tertiary/aromatic N) is 1. The molecule has 1 atom stereocenters. The lowest BCUT2D eigenvalue weighted by Crippen LogP contribution is -2.29. The van der Waals surface area contributed by atoms with Gasteiger partial charge in [0.1, 0.15) is 0 Å². The van der Waals surface area contributed by atoms with E-state index in [9.17, 15) is 0 Å². The van der Waals surface area contributed by atoms with E-state index in [0.29, 0.717) is 6.04 Å². The standard InChI is InChI=1S/C7H17N.C2H6/c1-6(2)7(3)8(4)5;1-2/h6-7H,1-5H3;1-2H3. The van der Waals surface area contributed by atoms with Gasteiger partial charge in [-0.3, -0.25) is 0 Å². The van der Waals surface area contributed by atoms with Crippen molar-refractivity contribution in [1.82, 2.24) is 4.90 Å². The fraction of sp³-hybridized carbons (Fsp3) is 1.00. The maximum atomic E-state index is 2.24. The van der Waals surface area contributed by atoms with Gasteiger partial charge in [-0.05, 0) is 26.9 Å². The van der Waals surface area contributed by atoms with Crippen LogP contribution in [-0.2, 0) is 0 Å². The topological polar surface area (TPSA) is 3.24 Å². The van der Waals surface area contributed by atoms with Gasteiger partial charge in [0.15, 0.2) is 0 Å². The van der Waals surface area contributed by atoms with E-state index in [-0.39, 0.29) is 0 Å². The van der Waals surface area contributed by atoms with Gasteiger partial charge in [0.2, 0.25) is 0 Å². The van der Waals surface area contributed by atoms with Gasteiger partial charge < -0.3 is 4.90 Å². The molecule has 0 spiro atoms. The van der Waals surface area contributed by atoms with Crippen LogP contribution in [0.5, 0.6) is 0 Å². The van der Waals surface area contributed by atoms with Gasteiger partial charge in [-0.2, -0.15) is 0 Å². The Bertz CT molecular complexity index is 49.7. The largest absolute Gasteiger partial charge is 0.306 e. The molecule has 0 amide bonds. The van der Waals surface area contributed by atoms with Crippen molar-refractivity contribution in [3.63, 3.8) is 0 Å². The number of rotatable bonds is 2. The van der Waals surface area contributed by atoms with E-state index >= 15 is 0 Å². The lowest BCUT2D eigenvalue weighted by atomic mass is 10.1. The molecule has 0 aromatic carbocycles. The van der Waals surface area contributed by atoms with E-state index < -0.39 is 0 Å². The Labute approximate surface area is 66.4 Å². The molecule has 0 aromatic rings. The second-order valence-electron chi connectivity index (χ2n) is 2.95. The molecule has 1 unspecified atom stereocenters. The minimum absolute atomic E-state index is 0.704. The van der Waals surface area contributed by atoms with Crippen molar-refractivity contribution < 1.29 is 0 Å². The molecule has 0 aliphatic carbocycles. The monoisotopic (exact) mass is 145 g/mol. The van der Waals surface area contributed by atoms with Crippen LogP contribution in [0.25, 0.3) is 0 Å². The van der Waals surface area contributed by atoms with Gasteiger partial charge in [0.25, 0.3) is 0 Å². The first-order chi connectivity index (χ1) is 4.55. The molecule has 1 nitrogen and oxygen atoms in total. The SMILES string of the molecule is CC.CC(C)C(C)N(C)C. The van der Waals surface area contributed by atoms with Crippen LogP contribution < -0.4 is 0 Å². The third kappa shape index (κ3) is 6.09. The normalized spacial score (nSPS) is 12.9. The summed E-state index contributed by atoms with van der Waals surface area (Å²) >= 11 is 0. The lowest BCUT2D eigenvalue weighted by Gasteiger charge is -2.22. The van der Waals surface area contributed by atoms with Crippen molar-refractivity contribution in [3.05, 3.63) is 0 Å². The first-order valence-electron chi connectivity index (χ1n) is 4.22. The molecule has 10 heavy (non-hydrogen) atoms. The molecule has 64 valence electrons. The zero-order valence-electron chi connectivity index (χ0n) is 8.60. The third-order valence-corrected chi connectivity index (χ3v) is 1.78. The summed E-state index contributed by atoms with van der Waals surface area (Å²) in [6, 6.07) is 0.704. The average Bonchev–Trinajstić information content (AvgIpc) is 1.90. The molecule has 0 aliphatic rings. The van der Waals surface area contributed by atoms with Crippen molar-refractivity contribution in [2.24, 2.45) is 5.92 Å². The Morgan fingerprint density at radius 3 is 1.20 bits per heavy atom. The average molecular weight is 145 g/mol. The molecule has 0 heterocycles. The number of hydrogen-bond donors (Lipinski definition) is 0. The van der Waals surface area contributed by atoms with Gasteiger partial charge in [-0.15, -0.1) is 0 Å². The zero-order valence-corrected chi connectivity index (χ0v) is 8.60. The van der Waals surface area contributed by atoms with Crippen LogP contribution in [0.3, 0.4) is 0 Å². The Morgan fingerprint density at radius 2 is 1.20 bits per heavy atom. The maximum absolute atomic E-state index is 2.24. The number of hydrogen-bond acceptors (Lipinski definition) is 1. The van der Waals surface area contributed by atoms with Gasteiger partial charge in [-0.25, -0.2) is 0 Å². The second kappa shape index (κ2) is 7.07. The van der Waals surface area contributed by atoms with E-state index in [0.717, 1.165) is 5.92 Å². The minimum Gasteiger partial charge on any atom is -0.306 e. The highest BCUT2D eigenvalue weighted by atomic mass is 15.1. The van der Waals surface area contributed by atoms with Gasteiger partial charge in [0, 0.05) is 6.04 Å². The smallest absolute Gasteiger partial charge is 0.00838 e. The maximum Gasteiger partial charge on any atom is 0.00838 e. The summed E-state index contributed by atoms with van der Waals surface area (Å²) in [4.78, 5) is 2.24. The van der Waals surface area contributed by atoms with E-state index in [4.69, 9.17) is 0 Å². The first-order valence-corrected chi connectivity index (χ1v) is 4.22. The highest BCUT2D eigenvalue weighted by Crippen LogP contribution is 2.04. The highest BCUT2D eigenvalue weighted by molar-refractivity contribution is 4.61. The van der Waals surface area contributed by atoms with Crippen LogP contribution in [0.15, 0.2) is 0 Å². The quantitative estimate of drug-likeness (QED) is 0.577. The van der Waals surface area contributed by atoms with Crippen molar-refractivity contribution in [2.45, 2.75) is 40.7 Å². The Hall–Kier alpha value is -0.0400. The molecule has 0 radical (unpaired) electrons. The molecular weight excluding hydrogens is 122 g/mol. The summed E-state index contributed by atoms with van der Waals surface area (Å²) in [5.41, 5.74) is 0. The summed E-state index contributed by atoms with van der Waals surface area (Å²) in [6.45, 7) is 10.7. The van der Waals surface area contributed by atoms with E-state index in [1.54, 1.807) is 0 Å². The summed E-state index contributed by atoms with van der Waals surface area (Å²) in [5.74, 6) is 0.769. The summed E-state index contributed by atoms with van der Waals surface area (Å²) in [6.07, 6.45) is 0. The van der Waals surface area contributed by atoms with Crippen molar-refractivity contribution >= 4 is 0 Å². The molecule has 0 N–H and O–H groups in total. The summed E-state index contributed by atoms with van der Waals surface area (Å²) in [7, 11) is 4.23. The Balaban J connectivity index is 0. The van der Waals surface area contributed by atoms with Gasteiger partial charge in [0.05, 0.1) is 0 Å². The second-order valence-corrected chi connectivity index (χ2v) is 2.95. The Morgan fingerprint density at radius 1 is 0.900 bits per heavy atom. The fourth-order valence-corrected chi connectivity index (χ4v) is 0.596. The summed E-state index contributed by atoms with van der Waals surface area (Å²) in [5, 5.41) is 0. The molecule has 0 fully saturated rings. The minimum atomic E-state index is 0.704. The molecule has 0 saturated heterocycles. The van der Waals surface area contributed by atoms with Crippen LogP contribution >= 0.6 is 0 Å². The zero-order chi connectivity index (χ0) is 8.73.